The summed E-state index contributed by atoms with van der Waals surface area (Å²) in [6.45, 7) is -0.165. The molecule has 6 nitrogen and oxygen atoms in total. The van der Waals surface area contributed by atoms with E-state index in [-0.39, 0.29) is 6.54 Å². The second-order valence-electron chi connectivity index (χ2n) is 6.44. The largest absolute Gasteiger partial charge is 0.497 e. The van der Waals surface area contributed by atoms with Crippen LogP contribution in [-0.4, -0.2) is 45.0 Å². The van der Waals surface area contributed by atoms with Gasteiger partial charge in [-0.3, -0.25) is 0 Å². The van der Waals surface area contributed by atoms with Gasteiger partial charge in [0, 0.05) is 6.42 Å². The average Bonchev–Trinajstić information content (AvgIpc) is 2.97. The third-order valence-electron chi connectivity index (χ3n) is 4.52. The molecule has 1 aliphatic heterocycles. The number of aliphatic hydroxyl groups is 2. The fourth-order valence-corrected chi connectivity index (χ4v) is 2.96. The number of imidazole rings is 1. The first kappa shape index (κ1) is 20.3. The van der Waals surface area contributed by atoms with E-state index < -0.39 is 41.6 Å². The zero-order valence-corrected chi connectivity index (χ0v) is 14.3. The smallest absolute Gasteiger partial charge is 0.436 e. The Balaban J connectivity index is 2.07. The number of aromatic nitrogens is 2. The minimum Gasteiger partial charge on any atom is -0.497 e. The molecule has 1 aromatic heterocycles. The fourth-order valence-electron chi connectivity index (χ4n) is 2.96. The van der Waals surface area contributed by atoms with Gasteiger partial charge in [-0.05, 0) is 17.7 Å². The van der Waals surface area contributed by atoms with Crippen molar-refractivity contribution in [3.05, 3.63) is 41.9 Å². The summed E-state index contributed by atoms with van der Waals surface area (Å²) in [6, 6.07) is 6.23. The van der Waals surface area contributed by atoms with E-state index in [1.165, 1.54) is 7.11 Å². The highest BCUT2D eigenvalue weighted by Gasteiger charge is 2.69. The highest BCUT2D eigenvalue weighted by molar-refractivity contribution is 5.52. The molecular formula is C16H15F6N3O3. The molecule has 1 aromatic carbocycles. The summed E-state index contributed by atoms with van der Waals surface area (Å²) in [5, 5.41) is 21.6. The molecular weight excluding hydrogens is 396 g/mol. The summed E-state index contributed by atoms with van der Waals surface area (Å²) in [6.07, 6.45) is -12.2. The molecule has 12 heteroatoms. The summed E-state index contributed by atoms with van der Waals surface area (Å²) in [7, 11) is 1.43. The highest BCUT2D eigenvalue weighted by atomic mass is 19.4. The van der Waals surface area contributed by atoms with Crippen LogP contribution in [0.3, 0.4) is 0 Å². The van der Waals surface area contributed by atoms with E-state index in [0.717, 1.165) is 10.9 Å². The van der Waals surface area contributed by atoms with Crippen molar-refractivity contribution in [2.45, 2.75) is 36.6 Å². The Bertz CT molecular complexity index is 864. The van der Waals surface area contributed by atoms with Gasteiger partial charge in [0.15, 0.2) is 0 Å². The molecule has 3 rings (SSSR count). The van der Waals surface area contributed by atoms with Crippen LogP contribution in [0.2, 0.25) is 0 Å². The van der Waals surface area contributed by atoms with Gasteiger partial charge in [-0.25, -0.2) is 4.98 Å². The third-order valence-corrected chi connectivity index (χ3v) is 4.52. The van der Waals surface area contributed by atoms with Gasteiger partial charge in [0.2, 0.25) is 11.3 Å². The molecule has 0 spiro atoms. The van der Waals surface area contributed by atoms with Gasteiger partial charge in [-0.15, -0.1) is 0 Å². The zero-order valence-electron chi connectivity index (χ0n) is 14.3. The van der Waals surface area contributed by atoms with Crippen molar-refractivity contribution < 1.29 is 41.3 Å². The molecule has 28 heavy (non-hydrogen) atoms. The maximum absolute atomic E-state index is 13.4. The van der Waals surface area contributed by atoms with Crippen molar-refractivity contribution in [2.75, 3.05) is 12.4 Å². The van der Waals surface area contributed by atoms with E-state index in [9.17, 15) is 36.6 Å². The van der Waals surface area contributed by atoms with Crippen LogP contribution in [0.5, 0.6) is 5.75 Å². The molecule has 0 bridgehead atoms. The van der Waals surface area contributed by atoms with Crippen LogP contribution in [0.25, 0.3) is 0 Å². The van der Waals surface area contributed by atoms with E-state index >= 15 is 0 Å². The molecule has 2 aromatic rings. The number of benzene rings is 1. The molecule has 154 valence electrons. The van der Waals surface area contributed by atoms with Crippen LogP contribution >= 0.6 is 0 Å². The minimum absolute atomic E-state index is 0.165. The number of ether oxygens (including phenoxy) is 1. The normalized spacial score (nSPS) is 25.2. The van der Waals surface area contributed by atoms with Crippen molar-refractivity contribution in [3.63, 3.8) is 0 Å². The van der Waals surface area contributed by atoms with Crippen molar-refractivity contribution in [2.24, 2.45) is 0 Å². The number of anilines is 1. The number of rotatable bonds is 3. The first-order valence-electron chi connectivity index (χ1n) is 7.86. The number of alkyl halides is 6. The lowest BCUT2D eigenvalue weighted by Gasteiger charge is -2.43. The van der Waals surface area contributed by atoms with Gasteiger partial charge in [0.1, 0.15) is 17.3 Å². The average molecular weight is 411 g/mol. The SMILES string of the molecule is COc1ccc(Cn2cnc3c2NC(O)(C(F)(F)F)CC3(O)C(F)(F)F)cc1. The minimum atomic E-state index is -5.50. The first-order chi connectivity index (χ1) is 12.8. The maximum Gasteiger partial charge on any atom is 0.436 e. The molecule has 2 atom stereocenters. The predicted molar refractivity (Wildman–Crippen MR) is 83.5 cm³/mol. The Morgan fingerprint density at radius 1 is 1.11 bits per heavy atom. The van der Waals surface area contributed by atoms with E-state index in [1.54, 1.807) is 29.6 Å². The summed E-state index contributed by atoms with van der Waals surface area (Å²) < 4.78 is 86.0. The molecule has 0 fully saturated rings. The second kappa shape index (κ2) is 6.27. The lowest BCUT2D eigenvalue weighted by atomic mass is 9.84. The monoisotopic (exact) mass is 411 g/mol. The van der Waals surface area contributed by atoms with Crippen molar-refractivity contribution in [1.29, 1.82) is 0 Å². The fraction of sp³-hybridized carbons (Fsp3) is 0.438. The number of methoxy groups -OCH3 is 1. The Kier molecular flexibility index (Phi) is 4.54. The van der Waals surface area contributed by atoms with Crippen LogP contribution in [0.4, 0.5) is 32.2 Å². The molecule has 0 aliphatic carbocycles. The van der Waals surface area contributed by atoms with Crippen molar-refractivity contribution in [3.8, 4) is 5.75 Å². The molecule has 0 amide bonds. The van der Waals surface area contributed by atoms with Crippen LogP contribution in [0, 0.1) is 0 Å². The van der Waals surface area contributed by atoms with Gasteiger partial charge in [-0.2, -0.15) is 26.3 Å². The van der Waals surface area contributed by atoms with E-state index in [4.69, 9.17) is 4.74 Å². The van der Waals surface area contributed by atoms with Gasteiger partial charge in [0.25, 0.3) is 0 Å². The van der Waals surface area contributed by atoms with Gasteiger partial charge in [-0.1, -0.05) is 12.1 Å². The van der Waals surface area contributed by atoms with Gasteiger partial charge >= 0.3 is 12.4 Å². The molecule has 1 aliphatic rings. The number of hydrogen-bond acceptors (Lipinski definition) is 5. The topological polar surface area (TPSA) is 79.5 Å². The summed E-state index contributed by atoms with van der Waals surface area (Å²) in [5.74, 6) is -0.269. The predicted octanol–water partition coefficient (Wildman–Crippen LogP) is 2.76. The van der Waals surface area contributed by atoms with Crippen molar-refractivity contribution in [1.82, 2.24) is 9.55 Å². The number of nitrogens with zero attached hydrogens (tertiary/aromatic N) is 2. The summed E-state index contributed by atoms with van der Waals surface area (Å²) in [5.41, 5.74) is -8.51. The molecule has 0 saturated heterocycles. The molecule has 3 N–H and O–H groups in total. The number of hydrogen-bond donors (Lipinski definition) is 3. The Morgan fingerprint density at radius 2 is 1.71 bits per heavy atom. The highest BCUT2D eigenvalue weighted by Crippen LogP contribution is 2.53. The standard InChI is InChI=1S/C16H15F6N3O3/c1-28-10-4-2-9(3-5-10)6-25-8-23-11-12(25)24-14(27,16(20,21)22)7-13(11,26)15(17,18)19/h2-5,8,24,26-27H,6-7H2,1H3. The third kappa shape index (κ3) is 3.15. The lowest BCUT2D eigenvalue weighted by molar-refractivity contribution is -0.318. The summed E-state index contributed by atoms with van der Waals surface area (Å²) >= 11 is 0. The van der Waals surface area contributed by atoms with E-state index in [0.29, 0.717) is 11.3 Å². The molecule has 0 saturated carbocycles. The van der Waals surface area contributed by atoms with E-state index in [2.05, 4.69) is 4.98 Å². The summed E-state index contributed by atoms with van der Waals surface area (Å²) in [4.78, 5) is 3.48. The number of halogens is 6. The lowest BCUT2D eigenvalue weighted by Crippen LogP contribution is -2.62. The van der Waals surface area contributed by atoms with Crippen molar-refractivity contribution >= 4 is 5.82 Å². The zero-order chi connectivity index (χ0) is 21.0. The van der Waals surface area contributed by atoms with Gasteiger partial charge in [0.05, 0.1) is 20.0 Å². The number of fused-ring (bicyclic) bond motifs is 1. The molecule has 0 radical (unpaired) electrons. The van der Waals surface area contributed by atoms with Crippen LogP contribution in [0.15, 0.2) is 30.6 Å². The Labute approximate surface area is 154 Å². The second-order valence-corrected chi connectivity index (χ2v) is 6.44. The Hall–Kier alpha value is -2.47. The molecule has 2 unspecified atom stereocenters. The maximum atomic E-state index is 13.4. The Morgan fingerprint density at radius 3 is 2.21 bits per heavy atom. The van der Waals surface area contributed by atoms with E-state index in [1.807, 2.05) is 0 Å². The van der Waals surface area contributed by atoms with Crippen LogP contribution in [0.1, 0.15) is 17.7 Å². The number of nitrogens with one attached hydrogen (secondary N) is 1. The molecule has 2 heterocycles. The quantitative estimate of drug-likeness (QED) is 0.677. The van der Waals surface area contributed by atoms with Crippen LogP contribution in [-0.2, 0) is 12.1 Å². The first-order valence-corrected chi connectivity index (χ1v) is 7.86. The van der Waals surface area contributed by atoms with Crippen LogP contribution < -0.4 is 10.1 Å². The van der Waals surface area contributed by atoms with Gasteiger partial charge < -0.3 is 24.8 Å².